The van der Waals surface area contributed by atoms with Gasteiger partial charge in [0.05, 0.1) is 67.5 Å². The molecule has 0 radical (unpaired) electrons. The molecular formula is C50H51Cl2F2N7O9. The van der Waals surface area contributed by atoms with Crippen LogP contribution in [0.4, 0.5) is 20.2 Å². The second kappa shape index (κ2) is 21.7. The molecule has 20 heteroatoms. The van der Waals surface area contributed by atoms with Gasteiger partial charge in [-0.05, 0) is 72.4 Å². The number of ether oxygens (including phenoxy) is 3. The molecule has 0 aromatic heterocycles. The lowest BCUT2D eigenvalue weighted by atomic mass is 9.62. The summed E-state index contributed by atoms with van der Waals surface area (Å²) in [7, 11) is 1.36. The third kappa shape index (κ3) is 10.6. The fourth-order valence-electron chi connectivity index (χ4n) is 9.28. The number of benzene rings is 4. The summed E-state index contributed by atoms with van der Waals surface area (Å²) in [6.07, 6.45) is 0.351. The van der Waals surface area contributed by atoms with Crippen molar-refractivity contribution in [2.24, 2.45) is 5.41 Å². The number of nitriles is 1. The number of halogens is 4. The fraction of sp³-hybridized carbons (Fsp3) is 0.380. The third-order valence-electron chi connectivity index (χ3n) is 12.4. The fourth-order valence-corrected chi connectivity index (χ4v) is 9.62. The van der Waals surface area contributed by atoms with Gasteiger partial charge in [0.2, 0.25) is 17.7 Å². The van der Waals surface area contributed by atoms with E-state index in [0.717, 1.165) is 11.0 Å². The molecule has 4 aromatic rings. The molecular weight excluding hydrogens is 951 g/mol. The van der Waals surface area contributed by atoms with Crippen LogP contribution in [0.3, 0.4) is 0 Å². The van der Waals surface area contributed by atoms with E-state index in [9.17, 15) is 34.0 Å². The van der Waals surface area contributed by atoms with E-state index in [0.29, 0.717) is 5.69 Å². The maximum atomic E-state index is 16.1. The number of hydrogen-bond donors (Lipinski definition) is 5. The molecule has 0 spiro atoms. The number of rotatable bonds is 18. The summed E-state index contributed by atoms with van der Waals surface area (Å²) in [5.74, 6) is -6.33. The predicted octanol–water partition coefficient (Wildman–Crippen LogP) is 6.52. The molecule has 1 unspecified atom stereocenters. The molecule has 368 valence electrons. The van der Waals surface area contributed by atoms with Crippen LogP contribution in [0, 0.1) is 28.4 Å². The highest BCUT2D eigenvalue weighted by Gasteiger charge is 2.61. The van der Waals surface area contributed by atoms with E-state index < -0.39 is 82.0 Å². The smallest absolute Gasteiger partial charge is 0.264 e. The van der Waals surface area contributed by atoms with Crippen molar-refractivity contribution in [2.75, 3.05) is 57.3 Å². The molecule has 3 heterocycles. The average molecular weight is 1000 g/mol. The molecule has 2 fully saturated rings. The van der Waals surface area contributed by atoms with Crippen molar-refractivity contribution in [3.8, 4) is 11.8 Å². The monoisotopic (exact) mass is 1000 g/mol. The van der Waals surface area contributed by atoms with Crippen LogP contribution in [0.5, 0.6) is 5.75 Å². The lowest BCUT2D eigenvalue weighted by molar-refractivity contribution is -0.136. The summed E-state index contributed by atoms with van der Waals surface area (Å²) in [6.45, 7) is 7.02. The van der Waals surface area contributed by atoms with Gasteiger partial charge in [-0.1, -0.05) is 68.2 Å². The zero-order valence-corrected chi connectivity index (χ0v) is 40.2. The molecule has 0 bridgehead atoms. The molecule has 0 aliphatic carbocycles. The van der Waals surface area contributed by atoms with Crippen LogP contribution in [0.15, 0.2) is 72.8 Å². The van der Waals surface area contributed by atoms with Crippen LogP contribution in [0.1, 0.15) is 88.2 Å². The van der Waals surface area contributed by atoms with Gasteiger partial charge in [0, 0.05) is 53.3 Å². The third-order valence-corrected chi connectivity index (χ3v) is 12.9. The van der Waals surface area contributed by atoms with Crippen molar-refractivity contribution in [1.29, 1.82) is 5.26 Å². The molecule has 2 saturated heterocycles. The Hall–Kier alpha value is -6.49. The van der Waals surface area contributed by atoms with E-state index in [4.69, 9.17) is 37.4 Å². The van der Waals surface area contributed by atoms with E-state index in [2.05, 4.69) is 32.7 Å². The van der Waals surface area contributed by atoms with Crippen molar-refractivity contribution >= 4 is 70.0 Å². The minimum Gasteiger partial charge on any atom is -0.495 e. The number of carbonyl (C=O) groups excluding carboxylic acids is 6. The van der Waals surface area contributed by atoms with Crippen LogP contribution in [-0.2, 0) is 29.3 Å². The van der Waals surface area contributed by atoms with Crippen molar-refractivity contribution in [1.82, 2.24) is 20.9 Å². The highest BCUT2D eigenvalue weighted by molar-refractivity contribution is 6.31. The Morgan fingerprint density at radius 2 is 1.64 bits per heavy atom. The Balaban J connectivity index is 0.921. The second-order valence-electron chi connectivity index (χ2n) is 18.2. The number of nitrogens with zero attached hydrogens (tertiary/aromatic N) is 2. The Kier molecular flexibility index (Phi) is 15.9. The number of fused-ring (bicyclic) bond motifs is 1. The van der Waals surface area contributed by atoms with Crippen LogP contribution in [0.2, 0.25) is 10.0 Å². The number of piperidine rings is 1. The van der Waals surface area contributed by atoms with E-state index in [-0.39, 0.29) is 108 Å². The Labute approximate surface area is 412 Å². The van der Waals surface area contributed by atoms with Gasteiger partial charge in [0.1, 0.15) is 28.8 Å². The second-order valence-corrected chi connectivity index (χ2v) is 19.0. The van der Waals surface area contributed by atoms with Gasteiger partial charge in [-0.3, -0.25) is 39.0 Å². The van der Waals surface area contributed by atoms with Crippen LogP contribution in [-0.4, -0.2) is 105 Å². The van der Waals surface area contributed by atoms with Crippen molar-refractivity contribution < 1.29 is 51.8 Å². The first-order chi connectivity index (χ1) is 33.4. The topological polar surface area (TPSA) is 217 Å². The summed E-state index contributed by atoms with van der Waals surface area (Å²) in [5, 5.41) is 25.1. The van der Waals surface area contributed by atoms with Crippen LogP contribution < -0.4 is 31.3 Å². The maximum absolute atomic E-state index is 16.1. The van der Waals surface area contributed by atoms with Crippen molar-refractivity contribution in [3.05, 3.63) is 122 Å². The number of imide groups is 2. The predicted molar refractivity (Wildman–Crippen MR) is 255 cm³/mol. The number of amides is 6. The molecule has 7 rings (SSSR count). The van der Waals surface area contributed by atoms with Gasteiger partial charge >= 0.3 is 0 Å². The van der Waals surface area contributed by atoms with Crippen LogP contribution >= 0.6 is 23.2 Å². The highest BCUT2D eigenvalue weighted by Crippen LogP contribution is 2.53. The first-order valence-electron chi connectivity index (χ1n) is 22.5. The number of methoxy groups -OCH3 is 1. The maximum Gasteiger partial charge on any atom is 0.264 e. The largest absolute Gasteiger partial charge is 0.495 e. The standard InChI is InChI=1S/C50H51Cl2F2N7O9/c1-49(2,3)25-38-50(26-55,31-13-12-28(51)24-33(31)53)41(30-8-5-9-32(52)42(30)54)43(59-38)46(65)58-34-14-11-27(23-37(34)68-4)44(63)57-18-20-70-22-21-69-19-17-56-35-10-6-7-29-40(35)48(67)61(47(29)66)36-15-16-39(62)60-45(36)64/h5-14,23-24,36,38,41,43,56,59H,15-22,25H2,1-4H3,(H,57,63)(H,58,65)(H,60,62,64)/t36?,38-,41-,43+,50-/m0/s1. The first-order valence-corrected chi connectivity index (χ1v) is 23.2. The SMILES string of the molecule is COc1cc(C(=O)NCCOCCOCCNc2cccc3c2C(=O)N(C2CCC(=O)NC2=O)C3=O)ccc1NC(=O)[C@@H]1N[C@@H](CC(C)(C)C)[C@](C#N)(c2ccc(Cl)cc2F)[C@H]1c1cccc(Cl)c1F. The molecule has 3 aliphatic rings. The summed E-state index contributed by atoms with van der Waals surface area (Å²) in [5.41, 5.74) is -1.32. The molecule has 4 aromatic carbocycles. The van der Waals surface area contributed by atoms with E-state index in [1.54, 1.807) is 12.1 Å². The zero-order chi connectivity index (χ0) is 50.5. The summed E-state index contributed by atoms with van der Waals surface area (Å²) in [4.78, 5) is 79.0. The molecule has 70 heavy (non-hydrogen) atoms. The number of carbonyl (C=O) groups is 6. The number of hydrogen-bond acceptors (Lipinski definition) is 12. The number of nitrogens with one attached hydrogen (secondary N) is 5. The lowest BCUT2D eigenvalue weighted by Crippen LogP contribution is -2.54. The molecule has 6 amide bonds. The molecule has 5 atom stereocenters. The van der Waals surface area contributed by atoms with E-state index in [1.807, 2.05) is 20.8 Å². The van der Waals surface area contributed by atoms with Crippen molar-refractivity contribution in [2.45, 2.75) is 69.5 Å². The normalized spacial score (nSPS) is 21.0. The van der Waals surface area contributed by atoms with Gasteiger partial charge in [-0.25, -0.2) is 8.78 Å². The van der Waals surface area contributed by atoms with Crippen molar-refractivity contribution in [3.63, 3.8) is 0 Å². The zero-order valence-electron chi connectivity index (χ0n) is 38.7. The van der Waals surface area contributed by atoms with Crippen LogP contribution in [0.25, 0.3) is 0 Å². The van der Waals surface area contributed by atoms with E-state index >= 15 is 8.78 Å². The quantitative estimate of drug-likeness (QED) is 0.0532. The molecule has 3 aliphatic heterocycles. The molecule has 0 saturated carbocycles. The molecule has 5 N–H and O–H groups in total. The summed E-state index contributed by atoms with van der Waals surface area (Å²) < 4.78 is 49.0. The minimum atomic E-state index is -1.83. The summed E-state index contributed by atoms with van der Waals surface area (Å²) in [6, 6.07) is 16.4. The Bertz CT molecular complexity index is 2770. The average Bonchev–Trinajstić information content (AvgIpc) is 3.77. The Morgan fingerprint density at radius 1 is 0.914 bits per heavy atom. The van der Waals surface area contributed by atoms with Gasteiger partial charge in [-0.15, -0.1) is 0 Å². The van der Waals surface area contributed by atoms with Gasteiger partial charge in [0.25, 0.3) is 17.7 Å². The Morgan fingerprint density at radius 3 is 2.33 bits per heavy atom. The minimum absolute atomic E-state index is 0.0196. The molecule has 16 nitrogen and oxygen atoms in total. The first kappa shape index (κ1) is 51.4. The van der Waals surface area contributed by atoms with Gasteiger partial charge in [0.15, 0.2) is 0 Å². The van der Waals surface area contributed by atoms with Gasteiger partial charge < -0.3 is 35.5 Å². The summed E-state index contributed by atoms with van der Waals surface area (Å²) >= 11 is 12.4. The highest BCUT2D eigenvalue weighted by atomic mass is 35.5. The number of anilines is 2. The lowest BCUT2D eigenvalue weighted by Gasteiger charge is -2.37. The van der Waals surface area contributed by atoms with Gasteiger partial charge in [-0.2, -0.15) is 5.26 Å². The van der Waals surface area contributed by atoms with E-state index in [1.165, 1.54) is 61.7 Å².